The van der Waals surface area contributed by atoms with Crippen LogP contribution in [0.5, 0.6) is 5.75 Å². The number of aryl methyl sites for hydroxylation is 2. The largest absolute Gasteiger partial charge is 0.487 e. The number of hydrogen-bond donors (Lipinski definition) is 3. The van der Waals surface area contributed by atoms with Crippen molar-refractivity contribution in [3.8, 4) is 11.4 Å². The van der Waals surface area contributed by atoms with Crippen molar-refractivity contribution < 1.29 is 19.1 Å². The average Bonchev–Trinajstić information content (AvgIpc) is 3.36. The van der Waals surface area contributed by atoms with Crippen LogP contribution in [0.1, 0.15) is 36.6 Å². The molecule has 0 unspecified atom stereocenters. The van der Waals surface area contributed by atoms with Gasteiger partial charge in [-0.25, -0.2) is 14.5 Å². The number of methoxy groups -OCH3 is 1. The lowest BCUT2D eigenvalue weighted by Gasteiger charge is -2.14. The summed E-state index contributed by atoms with van der Waals surface area (Å²) in [6.07, 6.45) is 4.39. The van der Waals surface area contributed by atoms with Gasteiger partial charge < -0.3 is 20.1 Å². The first-order valence-corrected chi connectivity index (χ1v) is 14.1. The van der Waals surface area contributed by atoms with Crippen molar-refractivity contribution in [1.82, 2.24) is 14.8 Å². The summed E-state index contributed by atoms with van der Waals surface area (Å²) in [4.78, 5) is 28.9. The maximum atomic E-state index is 13.0. The first-order valence-electron chi connectivity index (χ1n) is 13.4. The number of anilines is 3. The molecule has 0 aliphatic carbocycles. The fourth-order valence-electron chi connectivity index (χ4n) is 4.00. The van der Waals surface area contributed by atoms with Crippen molar-refractivity contribution in [2.24, 2.45) is 0 Å². The number of carbonyl (C=O) groups is 2. The zero-order valence-electron chi connectivity index (χ0n) is 23.5. The van der Waals surface area contributed by atoms with Gasteiger partial charge >= 0.3 is 6.03 Å². The first kappa shape index (κ1) is 30.8. The van der Waals surface area contributed by atoms with Crippen molar-refractivity contribution in [1.29, 1.82) is 0 Å². The quantitative estimate of drug-likeness (QED) is 0.158. The van der Waals surface area contributed by atoms with Crippen molar-refractivity contribution in [3.63, 3.8) is 0 Å². The second kappa shape index (κ2) is 14.7. The minimum absolute atomic E-state index is 0.0781. The molecular formula is C30H32Cl2N6O4. The van der Waals surface area contributed by atoms with E-state index in [4.69, 9.17) is 37.8 Å². The minimum Gasteiger partial charge on any atom is -0.487 e. The highest BCUT2D eigenvalue weighted by Crippen LogP contribution is 2.38. The molecule has 0 saturated carbocycles. The third-order valence-electron chi connectivity index (χ3n) is 6.12. The molecule has 0 saturated heterocycles. The summed E-state index contributed by atoms with van der Waals surface area (Å²) in [7, 11) is 1.44. The third kappa shape index (κ3) is 8.22. The van der Waals surface area contributed by atoms with Gasteiger partial charge in [-0.2, -0.15) is 5.10 Å². The molecular weight excluding hydrogens is 579 g/mol. The number of amides is 3. The third-order valence-corrected chi connectivity index (χ3v) is 6.99. The molecule has 0 spiro atoms. The van der Waals surface area contributed by atoms with E-state index in [9.17, 15) is 9.59 Å². The molecule has 2 heterocycles. The highest BCUT2D eigenvalue weighted by Gasteiger charge is 2.17. The fraction of sp³-hybridized carbons (Fsp3) is 0.267. The van der Waals surface area contributed by atoms with Crippen LogP contribution in [0.25, 0.3) is 5.69 Å². The van der Waals surface area contributed by atoms with Crippen LogP contribution in [0.3, 0.4) is 0 Å². The van der Waals surface area contributed by atoms with Crippen molar-refractivity contribution in [2.75, 3.05) is 29.7 Å². The van der Waals surface area contributed by atoms with Gasteiger partial charge in [-0.05, 0) is 61.7 Å². The fourth-order valence-corrected chi connectivity index (χ4v) is 4.42. The lowest BCUT2D eigenvalue weighted by atomic mass is 10.2. The summed E-state index contributed by atoms with van der Waals surface area (Å²) < 4.78 is 12.4. The van der Waals surface area contributed by atoms with E-state index in [1.54, 1.807) is 35.1 Å². The summed E-state index contributed by atoms with van der Waals surface area (Å²) in [6, 6.07) is 15.9. The number of ether oxygens (including phenoxy) is 2. The Balaban J connectivity index is 1.43. The van der Waals surface area contributed by atoms with Gasteiger partial charge in [0.25, 0.3) is 5.91 Å². The first-order chi connectivity index (χ1) is 20.3. The molecule has 2 aromatic carbocycles. The van der Waals surface area contributed by atoms with Gasteiger partial charge in [0.2, 0.25) is 0 Å². The molecule has 0 atom stereocenters. The summed E-state index contributed by atoms with van der Waals surface area (Å²) in [5.74, 6) is 0.905. The van der Waals surface area contributed by atoms with Crippen molar-refractivity contribution >= 4 is 52.5 Å². The van der Waals surface area contributed by atoms with Gasteiger partial charge in [0.05, 0.1) is 22.1 Å². The maximum absolute atomic E-state index is 13.0. The molecule has 0 radical (unpaired) electrons. The SMILES string of the molecule is CCCCc1cc(NC(=O)Nc2ccc(OCc3ccnc(NC(=O)COC)c3)c(Cl)c2Cl)n(-c2ccc(C)cc2)n1. The number of nitrogens with one attached hydrogen (secondary N) is 3. The average molecular weight is 612 g/mol. The van der Waals surface area contributed by atoms with Gasteiger partial charge in [0, 0.05) is 19.4 Å². The zero-order chi connectivity index (χ0) is 30.1. The Kier molecular flexibility index (Phi) is 10.8. The number of aromatic nitrogens is 3. The van der Waals surface area contributed by atoms with Crippen LogP contribution in [-0.4, -0.2) is 40.4 Å². The van der Waals surface area contributed by atoms with Crippen LogP contribution >= 0.6 is 23.2 Å². The molecule has 0 aliphatic heterocycles. The summed E-state index contributed by atoms with van der Waals surface area (Å²) in [6.45, 7) is 4.20. The number of hydrogen-bond acceptors (Lipinski definition) is 6. The Morgan fingerprint density at radius 3 is 2.50 bits per heavy atom. The Morgan fingerprint density at radius 1 is 0.976 bits per heavy atom. The predicted octanol–water partition coefficient (Wildman–Crippen LogP) is 7.03. The number of halogens is 2. The zero-order valence-corrected chi connectivity index (χ0v) is 25.1. The smallest absolute Gasteiger partial charge is 0.324 e. The lowest BCUT2D eigenvalue weighted by Crippen LogP contribution is -2.21. The second-order valence-electron chi connectivity index (χ2n) is 9.51. The van der Waals surface area contributed by atoms with Crippen LogP contribution in [0, 0.1) is 6.92 Å². The predicted molar refractivity (Wildman–Crippen MR) is 165 cm³/mol. The molecule has 220 valence electrons. The van der Waals surface area contributed by atoms with E-state index in [1.807, 2.05) is 37.3 Å². The number of unbranched alkanes of at least 4 members (excludes halogenated alkanes) is 1. The van der Waals surface area contributed by atoms with E-state index >= 15 is 0 Å². The molecule has 0 aliphatic rings. The van der Waals surface area contributed by atoms with Crippen LogP contribution in [-0.2, 0) is 22.6 Å². The number of urea groups is 1. The van der Waals surface area contributed by atoms with Crippen LogP contribution in [0.2, 0.25) is 10.0 Å². The number of pyridine rings is 1. The van der Waals surface area contributed by atoms with Gasteiger partial charge in [-0.1, -0.05) is 54.2 Å². The summed E-state index contributed by atoms with van der Waals surface area (Å²) in [5.41, 5.74) is 3.90. The Bertz CT molecular complexity index is 1540. The molecule has 4 aromatic rings. The lowest BCUT2D eigenvalue weighted by molar-refractivity contribution is -0.119. The van der Waals surface area contributed by atoms with Crippen LogP contribution < -0.4 is 20.7 Å². The van der Waals surface area contributed by atoms with E-state index in [0.717, 1.165) is 41.8 Å². The van der Waals surface area contributed by atoms with Gasteiger partial charge in [-0.15, -0.1) is 0 Å². The molecule has 2 aromatic heterocycles. The molecule has 0 fully saturated rings. The highest BCUT2D eigenvalue weighted by atomic mass is 35.5. The molecule has 0 bridgehead atoms. The van der Waals surface area contributed by atoms with Crippen LogP contribution in [0.4, 0.5) is 22.1 Å². The van der Waals surface area contributed by atoms with Crippen molar-refractivity contribution in [3.05, 3.63) is 87.7 Å². The molecule has 12 heteroatoms. The molecule has 3 N–H and O–H groups in total. The van der Waals surface area contributed by atoms with Gasteiger partial charge in [0.15, 0.2) is 0 Å². The number of benzene rings is 2. The number of rotatable bonds is 12. The van der Waals surface area contributed by atoms with E-state index in [-0.39, 0.29) is 29.2 Å². The van der Waals surface area contributed by atoms with Gasteiger partial charge in [-0.3, -0.25) is 10.1 Å². The Hall–Kier alpha value is -4.12. The normalized spacial score (nSPS) is 10.8. The number of carbonyl (C=O) groups excluding carboxylic acids is 2. The molecule has 42 heavy (non-hydrogen) atoms. The van der Waals surface area contributed by atoms with Crippen molar-refractivity contribution in [2.45, 2.75) is 39.7 Å². The van der Waals surface area contributed by atoms with E-state index in [2.05, 4.69) is 27.9 Å². The Morgan fingerprint density at radius 2 is 1.76 bits per heavy atom. The van der Waals surface area contributed by atoms with Crippen LogP contribution in [0.15, 0.2) is 60.8 Å². The van der Waals surface area contributed by atoms with E-state index in [1.165, 1.54) is 7.11 Å². The van der Waals surface area contributed by atoms with E-state index in [0.29, 0.717) is 23.1 Å². The molecule has 4 rings (SSSR count). The standard InChI is InChI=1S/C30H32Cl2N6O4/c1-4-5-6-21-16-26(38(37-21)22-9-7-19(2)8-10-22)36-30(40)34-23-11-12-24(29(32)28(23)31)42-17-20-13-14-33-25(15-20)35-27(39)18-41-3/h7-16H,4-6,17-18H2,1-3H3,(H,33,35,39)(H2,34,36,40). The second-order valence-corrected chi connectivity index (χ2v) is 10.3. The molecule has 10 nitrogen and oxygen atoms in total. The monoisotopic (exact) mass is 610 g/mol. The summed E-state index contributed by atoms with van der Waals surface area (Å²) >= 11 is 13.0. The minimum atomic E-state index is -0.503. The van der Waals surface area contributed by atoms with Gasteiger partial charge in [0.1, 0.15) is 35.6 Å². The Labute approximate surface area is 254 Å². The molecule has 3 amide bonds. The maximum Gasteiger partial charge on any atom is 0.324 e. The van der Waals surface area contributed by atoms with E-state index < -0.39 is 6.03 Å². The topological polar surface area (TPSA) is 119 Å². The summed E-state index contributed by atoms with van der Waals surface area (Å²) in [5, 5.41) is 13.2. The highest BCUT2D eigenvalue weighted by molar-refractivity contribution is 6.45. The number of nitrogens with zero attached hydrogens (tertiary/aromatic N) is 3.